The van der Waals surface area contributed by atoms with Crippen molar-refractivity contribution in [3.05, 3.63) is 21.9 Å². The summed E-state index contributed by atoms with van der Waals surface area (Å²) < 4.78 is 0. The van der Waals surface area contributed by atoms with Gasteiger partial charge in [0.25, 0.3) is 0 Å². The zero-order valence-corrected chi connectivity index (χ0v) is 12.9. The third-order valence-electron chi connectivity index (χ3n) is 4.31. The Balaban J connectivity index is 2.10. The number of hydrogen-bond donors (Lipinski definition) is 1. The quantitative estimate of drug-likeness (QED) is 0.908. The fourth-order valence-electron chi connectivity index (χ4n) is 2.93. The Morgan fingerprint density at radius 2 is 2.22 bits per heavy atom. The van der Waals surface area contributed by atoms with Crippen LogP contribution in [0.1, 0.15) is 43.7 Å². The van der Waals surface area contributed by atoms with Crippen LogP contribution in [-0.4, -0.2) is 24.5 Å². The Hall–Kier alpha value is -0.380. The molecule has 2 atom stereocenters. The van der Waals surface area contributed by atoms with Crippen LogP contribution in [0.25, 0.3) is 0 Å². The monoisotopic (exact) mass is 266 g/mol. The summed E-state index contributed by atoms with van der Waals surface area (Å²) in [4.78, 5) is 4.06. The number of nitrogens with zero attached hydrogens (tertiary/aromatic N) is 1. The van der Waals surface area contributed by atoms with Crippen LogP contribution in [0.5, 0.6) is 0 Å². The van der Waals surface area contributed by atoms with E-state index in [-0.39, 0.29) is 0 Å². The predicted octanol–water partition coefficient (Wildman–Crippen LogP) is 3.42. The number of likely N-dealkylation sites (tertiary alicyclic amines) is 1. The Bertz CT molecular complexity index is 391. The van der Waals surface area contributed by atoms with E-state index in [0.29, 0.717) is 11.5 Å². The van der Waals surface area contributed by atoms with Gasteiger partial charge >= 0.3 is 0 Å². The zero-order chi connectivity index (χ0) is 13.3. The molecule has 102 valence electrons. The fourth-order valence-corrected chi connectivity index (χ4v) is 4.00. The summed E-state index contributed by atoms with van der Waals surface area (Å²) in [5, 5.41) is 2.19. The van der Waals surface area contributed by atoms with Crippen molar-refractivity contribution in [2.24, 2.45) is 17.1 Å². The lowest BCUT2D eigenvalue weighted by Gasteiger charge is -2.30. The molecule has 0 aromatic carbocycles. The predicted molar refractivity (Wildman–Crippen MR) is 80.0 cm³/mol. The van der Waals surface area contributed by atoms with E-state index in [1.165, 1.54) is 30.0 Å². The number of nitrogens with two attached hydrogens (primary N) is 1. The molecule has 3 heteroatoms. The highest BCUT2D eigenvalue weighted by atomic mass is 32.1. The van der Waals surface area contributed by atoms with Crippen molar-refractivity contribution in [3.63, 3.8) is 0 Å². The summed E-state index contributed by atoms with van der Waals surface area (Å²) in [6.45, 7) is 12.4. The van der Waals surface area contributed by atoms with E-state index in [2.05, 4.69) is 44.0 Å². The molecule has 1 aliphatic rings. The second-order valence-corrected chi connectivity index (χ2v) is 7.51. The van der Waals surface area contributed by atoms with Crippen molar-refractivity contribution < 1.29 is 0 Å². The Labute approximate surface area is 115 Å². The molecule has 1 aromatic rings. The van der Waals surface area contributed by atoms with Crippen LogP contribution in [0.15, 0.2) is 11.4 Å². The summed E-state index contributed by atoms with van der Waals surface area (Å²) in [5.41, 5.74) is 7.85. The lowest BCUT2D eigenvalue weighted by atomic mass is 9.80. The molecule has 0 saturated carbocycles. The largest absolute Gasteiger partial charge is 0.329 e. The van der Waals surface area contributed by atoms with E-state index in [1.807, 2.05) is 11.3 Å². The van der Waals surface area contributed by atoms with Gasteiger partial charge in [-0.15, -0.1) is 11.3 Å². The molecular weight excluding hydrogens is 240 g/mol. The molecule has 0 radical (unpaired) electrons. The van der Waals surface area contributed by atoms with Crippen LogP contribution in [0.4, 0.5) is 0 Å². The SMILES string of the molecule is Cc1ccsc1C(CN)N1CCC(C(C)(C)C)C1. The van der Waals surface area contributed by atoms with Gasteiger partial charge in [-0.05, 0) is 48.2 Å². The lowest BCUT2D eigenvalue weighted by molar-refractivity contribution is 0.199. The summed E-state index contributed by atoms with van der Waals surface area (Å²) in [6.07, 6.45) is 1.31. The van der Waals surface area contributed by atoms with Crippen LogP contribution in [0, 0.1) is 18.3 Å². The second kappa shape index (κ2) is 5.32. The maximum atomic E-state index is 6.03. The van der Waals surface area contributed by atoms with E-state index >= 15 is 0 Å². The molecule has 1 aliphatic heterocycles. The molecule has 2 heterocycles. The highest BCUT2D eigenvalue weighted by Gasteiger charge is 2.35. The van der Waals surface area contributed by atoms with Gasteiger partial charge in [0, 0.05) is 18.0 Å². The Morgan fingerprint density at radius 3 is 2.67 bits per heavy atom. The molecule has 2 N–H and O–H groups in total. The van der Waals surface area contributed by atoms with Gasteiger partial charge in [0.2, 0.25) is 0 Å². The van der Waals surface area contributed by atoms with Gasteiger partial charge in [0.15, 0.2) is 0 Å². The molecule has 2 unspecified atom stereocenters. The third-order valence-corrected chi connectivity index (χ3v) is 5.43. The van der Waals surface area contributed by atoms with Gasteiger partial charge in [0.1, 0.15) is 0 Å². The third kappa shape index (κ3) is 2.79. The molecule has 18 heavy (non-hydrogen) atoms. The summed E-state index contributed by atoms with van der Waals surface area (Å²) in [6, 6.07) is 2.64. The molecule has 1 saturated heterocycles. The molecule has 0 amide bonds. The van der Waals surface area contributed by atoms with Crippen LogP contribution < -0.4 is 5.73 Å². The summed E-state index contributed by atoms with van der Waals surface area (Å²) >= 11 is 1.86. The lowest BCUT2D eigenvalue weighted by Crippen LogP contribution is -2.33. The van der Waals surface area contributed by atoms with Crippen LogP contribution in [-0.2, 0) is 0 Å². The average Bonchev–Trinajstić information content (AvgIpc) is 2.89. The Kier molecular flexibility index (Phi) is 4.15. The van der Waals surface area contributed by atoms with E-state index in [4.69, 9.17) is 5.73 Å². The summed E-state index contributed by atoms with van der Waals surface area (Å²) in [5.74, 6) is 0.798. The van der Waals surface area contributed by atoms with Crippen molar-refractivity contribution in [1.29, 1.82) is 0 Å². The zero-order valence-electron chi connectivity index (χ0n) is 12.1. The van der Waals surface area contributed by atoms with E-state index < -0.39 is 0 Å². The van der Waals surface area contributed by atoms with Gasteiger partial charge in [-0.3, -0.25) is 4.90 Å². The smallest absolute Gasteiger partial charge is 0.0567 e. The first kappa shape index (κ1) is 14.0. The maximum absolute atomic E-state index is 6.03. The van der Waals surface area contributed by atoms with Crippen molar-refractivity contribution in [2.75, 3.05) is 19.6 Å². The fraction of sp³-hybridized carbons (Fsp3) is 0.733. The standard InChI is InChI=1S/C15H26N2S/c1-11-6-8-18-14(11)13(9-16)17-7-5-12(10-17)15(2,3)4/h6,8,12-13H,5,7,9-10,16H2,1-4H3. The van der Waals surface area contributed by atoms with Crippen molar-refractivity contribution >= 4 is 11.3 Å². The van der Waals surface area contributed by atoms with Crippen LogP contribution in [0.2, 0.25) is 0 Å². The van der Waals surface area contributed by atoms with Gasteiger partial charge in [-0.2, -0.15) is 0 Å². The summed E-state index contributed by atoms with van der Waals surface area (Å²) in [7, 11) is 0. The van der Waals surface area contributed by atoms with Gasteiger partial charge in [0.05, 0.1) is 6.04 Å². The molecular formula is C15H26N2S. The Morgan fingerprint density at radius 1 is 1.50 bits per heavy atom. The van der Waals surface area contributed by atoms with Crippen molar-refractivity contribution in [1.82, 2.24) is 4.90 Å². The number of thiophene rings is 1. The van der Waals surface area contributed by atoms with E-state index in [0.717, 1.165) is 12.5 Å². The number of aryl methyl sites for hydroxylation is 1. The molecule has 0 spiro atoms. The molecule has 1 fully saturated rings. The molecule has 1 aromatic heterocycles. The van der Waals surface area contributed by atoms with Crippen LogP contribution in [0.3, 0.4) is 0 Å². The normalized spacial score (nSPS) is 23.5. The van der Waals surface area contributed by atoms with Crippen molar-refractivity contribution in [2.45, 2.75) is 40.2 Å². The number of rotatable bonds is 3. The van der Waals surface area contributed by atoms with Gasteiger partial charge in [-0.25, -0.2) is 0 Å². The highest BCUT2D eigenvalue weighted by molar-refractivity contribution is 7.10. The second-order valence-electron chi connectivity index (χ2n) is 6.57. The van der Waals surface area contributed by atoms with E-state index in [1.54, 1.807) is 0 Å². The maximum Gasteiger partial charge on any atom is 0.0567 e. The first-order chi connectivity index (χ1) is 8.43. The molecule has 0 aliphatic carbocycles. The van der Waals surface area contributed by atoms with Crippen LogP contribution >= 0.6 is 11.3 Å². The topological polar surface area (TPSA) is 29.3 Å². The molecule has 0 bridgehead atoms. The minimum absolute atomic E-state index is 0.415. The van der Waals surface area contributed by atoms with Gasteiger partial charge in [-0.1, -0.05) is 20.8 Å². The van der Waals surface area contributed by atoms with Crippen molar-refractivity contribution in [3.8, 4) is 0 Å². The highest BCUT2D eigenvalue weighted by Crippen LogP contribution is 2.38. The average molecular weight is 266 g/mol. The first-order valence-corrected chi connectivity index (χ1v) is 7.79. The molecule has 2 nitrogen and oxygen atoms in total. The number of hydrogen-bond acceptors (Lipinski definition) is 3. The van der Waals surface area contributed by atoms with Gasteiger partial charge < -0.3 is 5.73 Å². The minimum atomic E-state index is 0.415. The molecule has 2 rings (SSSR count). The van der Waals surface area contributed by atoms with E-state index in [9.17, 15) is 0 Å². The minimum Gasteiger partial charge on any atom is -0.329 e. The first-order valence-electron chi connectivity index (χ1n) is 6.91.